The van der Waals surface area contributed by atoms with Gasteiger partial charge in [-0.1, -0.05) is 6.92 Å². The Balaban J connectivity index is 1.96. The summed E-state index contributed by atoms with van der Waals surface area (Å²) >= 11 is 0.706. The first-order valence-corrected chi connectivity index (χ1v) is 11.4. The first kappa shape index (κ1) is 23.3. The predicted molar refractivity (Wildman–Crippen MR) is 120 cm³/mol. The number of anilines is 1. The van der Waals surface area contributed by atoms with Crippen molar-refractivity contribution in [3.63, 3.8) is 0 Å². The third-order valence-electron chi connectivity index (χ3n) is 5.95. The Morgan fingerprint density at radius 2 is 2.03 bits per heavy atom. The molecule has 0 bridgehead atoms. The molecule has 0 N–H and O–H groups in total. The molecule has 2 unspecified atom stereocenters. The van der Waals surface area contributed by atoms with Gasteiger partial charge in [0.25, 0.3) is 11.1 Å². The van der Waals surface area contributed by atoms with Crippen molar-refractivity contribution < 1.29 is 23.5 Å². The van der Waals surface area contributed by atoms with Crippen LogP contribution >= 0.6 is 11.8 Å². The van der Waals surface area contributed by atoms with Crippen LogP contribution in [0.15, 0.2) is 17.0 Å². The molecule has 0 radical (unpaired) electrons. The molecule has 2 amide bonds. The summed E-state index contributed by atoms with van der Waals surface area (Å²) in [4.78, 5) is 40.3. The highest BCUT2D eigenvalue weighted by Gasteiger charge is 2.42. The van der Waals surface area contributed by atoms with Crippen LogP contribution in [0.2, 0.25) is 0 Å². The maximum atomic E-state index is 15.1. The lowest BCUT2D eigenvalue weighted by Gasteiger charge is -2.47. The molecular formula is C23H29FN2O4S. The average molecular weight is 449 g/mol. The van der Waals surface area contributed by atoms with Gasteiger partial charge < -0.3 is 9.64 Å². The van der Waals surface area contributed by atoms with Crippen molar-refractivity contribution in [2.75, 3.05) is 18.1 Å². The predicted octanol–water partition coefficient (Wildman–Crippen LogP) is 4.93. The second-order valence-electron chi connectivity index (χ2n) is 8.57. The molecule has 8 heteroatoms. The van der Waals surface area contributed by atoms with Crippen molar-refractivity contribution >= 4 is 40.6 Å². The first-order chi connectivity index (χ1) is 14.5. The van der Waals surface area contributed by atoms with Gasteiger partial charge >= 0.3 is 5.97 Å². The normalized spacial score (nSPS) is 22.7. The molecule has 0 spiro atoms. The van der Waals surface area contributed by atoms with Crippen molar-refractivity contribution in [3.8, 4) is 0 Å². The number of ether oxygens (including phenoxy) is 1. The summed E-state index contributed by atoms with van der Waals surface area (Å²) in [6, 6.07) is 2.26. The second kappa shape index (κ2) is 8.65. The van der Waals surface area contributed by atoms with Crippen molar-refractivity contribution in [2.45, 2.75) is 65.5 Å². The third-order valence-corrected chi connectivity index (χ3v) is 6.83. The van der Waals surface area contributed by atoms with E-state index in [1.54, 1.807) is 13.0 Å². The molecular weight excluding hydrogens is 419 g/mol. The number of esters is 1. The van der Waals surface area contributed by atoms with E-state index < -0.39 is 29.0 Å². The van der Waals surface area contributed by atoms with Gasteiger partial charge in [0, 0.05) is 23.3 Å². The number of hydrogen-bond donors (Lipinski definition) is 0. The van der Waals surface area contributed by atoms with Crippen LogP contribution in [-0.4, -0.2) is 46.7 Å². The number of benzene rings is 1. The number of imide groups is 1. The van der Waals surface area contributed by atoms with Gasteiger partial charge in [-0.05, 0) is 82.5 Å². The molecule has 2 aliphatic rings. The first-order valence-electron chi connectivity index (χ1n) is 10.6. The molecule has 168 valence electrons. The number of fused-ring (bicyclic) bond motifs is 1. The van der Waals surface area contributed by atoms with Crippen LogP contribution in [0.25, 0.3) is 6.08 Å². The fraction of sp³-hybridized carbons (Fsp3) is 0.522. The summed E-state index contributed by atoms with van der Waals surface area (Å²) in [5.41, 5.74) is 2.06. The summed E-state index contributed by atoms with van der Waals surface area (Å²) < 4.78 is 20.0. The lowest BCUT2D eigenvalue weighted by molar-refractivity contribution is -0.150. The fourth-order valence-electron chi connectivity index (χ4n) is 4.55. The zero-order valence-electron chi connectivity index (χ0n) is 18.8. The van der Waals surface area contributed by atoms with Crippen LogP contribution in [0.1, 0.15) is 65.0 Å². The van der Waals surface area contributed by atoms with Gasteiger partial charge in [0.1, 0.15) is 11.9 Å². The Bertz CT molecular complexity index is 959. The molecule has 1 saturated heterocycles. The molecule has 2 heterocycles. The molecule has 6 nitrogen and oxygen atoms in total. The molecule has 0 aromatic heterocycles. The average Bonchev–Trinajstić information content (AvgIpc) is 2.95. The van der Waals surface area contributed by atoms with E-state index in [0.29, 0.717) is 11.8 Å². The maximum absolute atomic E-state index is 15.1. The van der Waals surface area contributed by atoms with Crippen LogP contribution in [0.5, 0.6) is 0 Å². The molecule has 1 fully saturated rings. The van der Waals surface area contributed by atoms with E-state index in [-0.39, 0.29) is 28.5 Å². The third kappa shape index (κ3) is 4.22. The highest BCUT2D eigenvalue weighted by Crippen LogP contribution is 2.44. The van der Waals surface area contributed by atoms with Gasteiger partial charge in [-0.2, -0.15) is 0 Å². The number of halogens is 1. The summed E-state index contributed by atoms with van der Waals surface area (Å²) in [7, 11) is 0. The summed E-state index contributed by atoms with van der Waals surface area (Å²) in [5, 5.41) is -0.567. The monoisotopic (exact) mass is 448 g/mol. The van der Waals surface area contributed by atoms with Crippen LogP contribution in [0.4, 0.5) is 14.9 Å². The molecule has 3 rings (SSSR count). The fourth-order valence-corrected chi connectivity index (χ4v) is 5.45. The van der Waals surface area contributed by atoms with Gasteiger partial charge in [0.05, 0.1) is 11.5 Å². The van der Waals surface area contributed by atoms with Crippen LogP contribution in [-0.2, 0) is 14.3 Å². The van der Waals surface area contributed by atoms with Gasteiger partial charge in [0.2, 0.25) is 0 Å². The van der Waals surface area contributed by atoms with Crippen molar-refractivity contribution in [3.05, 3.63) is 34.0 Å². The Kier molecular flexibility index (Phi) is 6.51. The number of carbonyl (C=O) groups excluding carboxylic acids is 3. The zero-order valence-corrected chi connectivity index (χ0v) is 19.6. The second-order valence-corrected chi connectivity index (χ2v) is 9.57. The smallest absolute Gasteiger partial charge is 0.329 e. The number of nitrogens with zero attached hydrogens (tertiary/aromatic N) is 2. The minimum atomic E-state index is -1.04. The van der Waals surface area contributed by atoms with Gasteiger partial charge in [-0.25, -0.2) is 9.18 Å². The van der Waals surface area contributed by atoms with E-state index >= 15 is 4.39 Å². The number of amides is 2. The molecule has 1 aromatic carbocycles. The number of hydrogen-bond acceptors (Lipinski definition) is 6. The van der Waals surface area contributed by atoms with E-state index in [4.69, 9.17) is 4.74 Å². The zero-order chi connectivity index (χ0) is 23.1. The number of carbonyl (C=O) groups is 3. The number of thioether (sulfide) groups is 1. The minimum Gasteiger partial charge on any atom is -0.464 e. The van der Waals surface area contributed by atoms with Gasteiger partial charge in [-0.3, -0.25) is 14.5 Å². The summed E-state index contributed by atoms with van der Waals surface area (Å²) in [6.45, 7) is 12.5. The van der Waals surface area contributed by atoms with Crippen molar-refractivity contribution in [1.82, 2.24) is 4.90 Å². The summed E-state index contributed by atoms with van der Waals surface area (Å²) in [5.74, 6) is -1.49. The van der Waals surface area contributed by atoms with Crippen molar-refractivity contribution in [1.29, 1.82) is 0 Å². The van der Waals surface area contributed by atoms with E-state index in [1.807, 2.05) is 6.92 Å². The Morgan fingerprint density at radius 3 is 2.65 bits per heavy atom. The lowest BCUT2D eigenvalue weighted by Crippen LogP contribution is -2.48. The molecule has 2 aliphatic heterocycles. The largest absolute Gasteiger partial charge is 0.464 e. The maximum Gasteiger partial charge on any atom is 0.329 e. The molecule has 2 atom stereocenters. The summed E-state index contributed by atoms with van der Waals surface area (Å²) in [6.07, 6.45) is 2.33. The van der Waals surface area contributed by atoms with E-state index in [0.717, 1.165) is 29.1 Å². The topological polar surface area (TPSA) is 66.9 Å². The standard InChI is InChI=1S/C23H29FN2O4S/c1-7-25-18-11-17(24)15(9-16(18)13(3)12-23(25,5)6)10-19-20(27)26(22(29)31-19)14(4)21(28)30-8-2/h9-11,13-14H,7-8,12H2,1-6H3/b19-10-. The quantitative estimate of drug-likeness (QED) is 0.470. The molecule has 1 aromatic rings. The Hall–Kier alpha value is -2.35. The van der Waals surface area contributed by atoms with E-state index in [9.17, 15) is 14.4 Å². The molecule has 0 aliphatic carbocycles. The van der Waals surface area contributed by atoms with Crippen molar-refractivity contribution in [2.24, 2.45) is 0 Å². The molecule has 0 saturated carbocycles. The van der Waals surface area contributed by atoms with Gasteiger partial charge in [-0.15, -0.1) is 0 Å². The number of rotatable bonds is 5. The molecule has 31 heavy (non-hydrogen) atoms. The van der Waals surface area contributed by atoms with Crippen LogP contribution in [0, 0.1) is 5.82 Å². The van der Waals surface area contributed by atoms with Crippen LogP contribution in [0.3, 0.4) is 0 Å². The van der Waals surface area contributed by atoms with E-state index in [1.165, 1.54) is 19.1 Å². The highest BCUT2D eigenvalue weighted by molar-refractivity contribution is 8.18. The Morgan fingerprint density at radius 1 is 1.35 bits per heavy atom. The lowest BCUT2D eigenvalue weighted by atomic mass is 9.79. The minimum absolute atomic E-state index is 0.0823. The SMILES string of the molecule is CCOC(=O)C(C)N1C(=O)S/C(=C\c2cc3c(cc2F)N(CC)C(C)(C)CC3C)C1=O. The van der Waals surface area contributed by atoms with E-state index in [2.05, 4.69) is 25.7 Å². The van der Waals surface area contributed by atoms with Gasteiger partial charge in [0.15, 0.2) is 0 Å². The highest BCUT2D eigenvalue weighted by atomic mass is 32.2. The van der Waals surface area contributed by atoms with Crippen LogP contribution < -0.4 is 4.90 Å². The Labute approximate surface area is 186 Å².